The lowest BCUT2D eigenvalue weighted by Crippen LogP contribution is -2.22. The van der Waals surface area contributed by atoms with E-state index in [-0.39, 0.29) is 33.8 Å². The molecule has 0 aliphatic rings. The van der Waals surface area contributed by atoms with Crippen molar-refractivity contribution >= 4 is 37.1 Å². The first-order valence-corrected chi connectivity index (χ1v) is 8.08. The summed E-state index contributed by atoms with van der Waals surface area (Å²) in [6, 6.07) is 7.79. The first-order valence-electron chi connectivity index (χ1n) is 8.08. The van der Waals surface area contributed by atoms with Gasteiger partial charge in [-0.2, -0.15) is 0 Å². The summed E-state index contributed by atoms with van der Waals surface area (Å²) in [7, 11) is 0. The summed E-state index contributed by atoms with van der Waals surface area (Å²) < 4.78 is 14.8. The van der Waals surface area contributed by atoms with E-state index in [2.05, 4.69) is 0 Å². The molecule has 2 rings (SSSR count). The van der Waals surface area contributed by atoms with Crippen molar-refractivity contribution in [3.8, 4) is 11.5 Å². The van der Waals surface area contributed by atoms with E-state index < -0.39 is 25.2 Å². The number of hydrogen-bond donors (Lipinski definition) is 0. The van der Waals surface area contributed by atoms with Crippen molar-refractivity contribution in [1.29, 1.82) is 0 Å². The first kappa shape index (κ1) is 21.3. The molecule has 0 radical (unpaired) electrons. The normalized spacial score (nSPS) is 9.93. The molecule has 9 nitrogen and oxygen atoms in total. The van der Waals surface area contributed by atoms with Gasteiger partial charge in [0.25, 0.3) is 0 Å². The Morgan fingerprint density at radius 2 is 1.07 bits per heavy atom. The van der Waals surface area contributed by atoms with Crippen LogP contribution in [0.15, 0.2) is 36.4 Å². The molecule has 0 heterocycles. The van der Waals surface area contributed by atoms with Gasteiger partial charge in [-0.3, -0.25) is 19.2 Å². The van der Waals surface area contributed by atoms with E-state index in [4.69, 9.17) is 14.2 Å². The molecule has 0 atom stereocenters. The van der Waals surface area contributed by atoms with E-state index in [1.54, 1.807) is 0 Å². The Hall–Kier alpha value is -3.98. The fourth-order valence-electron chi connectivity index (χ4n) is 2.17. The topological polar surface area (TPSA) is 130 Å². The Kier molecular flexibility index (Phi) is 7.63. The lowest BCUT2D eigenvalue weighted by molar-refractivity contribution is -0.145. The largest absolute Gasteiger partial charge is 0.424 e. The summed E-state index contributed by atoms with van der Waals surface area (Å²) in [5, 5.41) is 0. The number of benzene rings is 2. The second-order valence-electron chi connectivity index (χ2n) is 5.51. The monoisotopic (exact) mass is 398 g/mol. The predicted molar refractivity (Wildman–Crippen MR) is 96.5 cm³/mol. The van der Waals surface area contributed by atoms with E-state index in [1.807, 2.05) is 0 Å². The molecule has 0 unspecified atom stereocenters. The Morgan fingerprint density at radius 3 is 1.41 bits per heavy atom. The van der Waals surface area contributed by atoms with Gasteiger partial charge in [-0.1, -0.05) is 0 Å². The minimum Gasteiger partial charge on any atom is -0.424 e. The van der Waals surface area contributed by atoms with Gasteiger partial charge >= 0.3 is 11.9 Å². The van der Waals surface area contributed by atoms with Gasteiger partial charge in [0, 0.05) is 11.1 Å². The number of rotatable bonds is 10. The molecule has 0 fully saturated rings. The van der Waals surface area contributed by atoms with Crippen LogP contribution in [0.25, 0.3) is 0 Å². The zero-order valence-corrected chi connectivity index (χ0v) is 14.9. The molecule has 0 spiro atoms. The zero-order valence-electron chi connectivity index (χ0n) is 14.9. The van der Waals surface area contributed by atoms with Crippen LogP contribution >= 0.6 is 0 Å². The lowest BCUT2D eigenvalue weighted by Gasteiger charge is -2.09. The van der Waals surface area contributed by atoms with Gasteiger partial charge in [0.15, 0.2) is 12.6 Å². The Morgan fingerprint density at radius 1 is 0.655 bits per heavy atom. The highest BCUT2D eigenvalue weighted by Gasteiger charge is 2.13. The third kappa shape index (κ3) is 6.01. The lowest BCUT2D eigenvalue weighted by atomic mass is 10.1. The van der Waals surface area contributed by atoms with Crippen LogP contribution in [0.4, 0.5) is 0 Å². The molecular formula is C20H14O9. The quantitative estimate of drug-likeness (QED) is 0.332. The van der Waals surface area contributed by atoms with E-state index >= 15 is 0 Å². The summed E-state index contributed by atoms with van der Waals surface area (Å²) in [4.78, 5) is 67.0. The molecule has 0 aliphatic heterocycles. The van der Waals surface area contributed by atoms with Gasteiger partial charge < -0.3 is 14.2 Å². The first-order chi connectivity index (χ1) is 14.0. The number of esters is 2. The second-order valence-corrected chi connectivity index (χ2v) is 5.51. The van der Waals surface area contributed by atoms with Gasteiger partial charge in [-0.25, -0.2) is 9.59 Å². The Bertz CT molecular complexity index is 885. The van der Waals surface area contributed by atoms with Crippen LogP contribution in [0.1, 0.15) is 41.4 Å². The highest BCUT2D eigenvalue weighted by Crippen LogP contribution is 2.19. The van der Waals surface area contributed by atoms with E-state index in [1.165, 1.54) is 36.4 Å². The number of carbonyl (C=O) groups excluding carboxylic acids is 6. The number of ether oxygens (including phenoxy) is 3. The van der Waals surface area contributed by atoms with Crippen LogP contribution in [-0.2, 0) is 14.3 Å². The van der Waals surface area contributed by atoms with Gasteiger partial charge in [0.05, 0.1) is 11.1 Å². The molecule has 0 saturated heterocycles. The minimum absolute atomic E-state index is 0.00234. The predicted octanol–water partition coefficient (Wildman–Crippen LogP) is 1.46. The van der Waals surface area contributed by atoms with Crippen LogP contribution in [-0.4, -0.2) is 50.3 Å². The van der Waals surface area contributed by atoms with Gasteiger partial charge in [-0.05, 0) is 36.4 Å². The average Bonchev–Trinajstić information content (AvgIpc) is 2.74. The third-order valence-corrected chi connectivity index (χ3v) is 3.48. The minimum atomic E-state index is -0.885. The SMILES string of the molecule is O=Cc1ccc(OC(=O)COCC(=O)Oc2ccc(C=O)cc2C=O)c(C=O)c1. The molecule has 0 aromatic heterocycles. The molecule has 0 bridgehead atoms. The van der Waals surface area contributed by atoms with Crippen LogP contribution < -0.4 is 9.47 Å². The zero-order chi connectivity index (χ0) is 21.2. The van der Waals surface area contributed by atoms with Crippen molar-refractivity contribution in [2.45, 2.75) is 0 Å². The Balaban J connectivity index is 1.87. The molecule has 2 aromatic carbocycles. The molecule has 0 N–H and O–H groups in total. The fourth-order valence-corrected chi connectivity index (χ4v) is 2.17. The standard InChI is InChI=1S/C20H14O9/c21-7-13-1-3-17(15(5-13)9-23)28-19(25)11-27-12-20(26)29-18-4-2-14(8-22)6-16(18)10-24/h1-10H,11-12H2. The second kappa shape index (κ2) is 10.4. The molecule has 2 aromatic rings. The molecule has 0 aliphatic carbocycles. The molecule has 0 saturated carbocycles. The third-order valence-electron chi connectivity index (χ3n) is 3.48. The summed E-state index contributed by atoms with van der Waals surface area (Å²) in [6.45, 7) is -1.24. The average molecular weight is 398 g/mol. The molecular weight excluding hydrogens is 384 g/mol. The summed E-state index contributed by atoms with van der Waals surface area (Å²) >= 11 is 0. The van der Waals surface area contributed by atoms with Crippen molar-refractivity contribution in [3.05, 3.63) is 58.7 Å². The highest BCUT2D eigenvalue weighted by atomic mass is 16.6. The van der Waals surface area contributed by atoms with Crippen molar-refractivity contribution in [2.24, 2.45) is 0 Å². The smallest absolute Gasteiger partial charge is 0.337 e. The molecule has 148 valence electrons. The highest BCUT2D eigenvalue weighted by molar-refractivity contribution is 5.88. The summed E-state index contributed by atoms with van der Waals surface area (Å²) in [5.74, 6) is -1.90. The summed E-state index contributed by atoms with van der Waals surface area (Å²) in [5.41, 5.74) is 0.480. The summed E-state index contributed by atoms with van der Waals surface area (Å²) in [6.07, 6.45) is 1.92. The van der Waals surface area contributed by atoms with E-state index in [0.29, 0.717) is 25.1 Å². The maximum Gasteiger partial charge on any atom is 0.337 e. The molecule has 9 heteroatoms. The van der Waals surface area contributed by atoms with Crippen LogP contribution in [0.3, 0.4) is 0 Å². The van der Waals surface area contributed by atoms with Crippen molar-refractivity contribution in [3.63, 3.8) is 0 Å². The van der Waals surface area contributed by atoms with E-state index in [0.717, 1.165) is 0 Å². The number of hydrogen-bond acceptors (Lipinski definition) is 9. The van der Waals surface area contributed by atoms with Crippen LogP contribution in [0, 0.1) is 0 Å². The van der Waals surface area contributed by atoms with Crippen molar-refractivity contribution in [1.82, 2.24) is 0 Å². The fraction of sp³-hybridized carbons (Fsp3) is 0.100. The van der Waals surface area contributed by atoms with Gasteiger partial charge in [0.1, 0.15) is 37.3 Å². The van der Waals surface area contributed by atoms with Crippen molar-refractivity contribution in [2.75, 3.05) is 13.2 Å². The van der Waals surface area contributed by atoms with Crippen molar-refractivity contribution < 1.29 is 43.0 Å². The Labute approximate surface area is 164 Å². The maximum atomic E-state index is 11.8. The number of carbonyl (C=O) groups is 6. The van der Waals surface area contributed by atoms with Gasteiger partial charge in [-0.15, -0.1) is 0 Å². The van der Waals surface area contributed by atoms with Gasteiger partial charge in [0.2, 0.25) is 0 Å². The van der Waals surface area contributed by atoms with Crippen LogP contribution in [0.2, 0.25) is 0 Å². The maximum absolute atomic E-state index is 11.8. The number of aldehydes is 4. The molecule has 0 amide bonds. The van der Waals surface area contributed by atoms with Crippen LogP contribution in [0.5, 0.6) is 11.5 Å². The van der Waals surface area contributed by atoms with E-state index in [9.17, 15) is 28.8 Å². The molecule has 29 heavy (non-hydrogen) atoms.